The van der Waals surface area contributed by atoms with Gasteiger partial charge < -0.3 is 18.8 Å². The van der Waals surface area contributed by atoms with Crippen LogP contribution in [0.15, 0.2) is 42.5 Å². The number of Topliss-reactive ketones (excluding diaryl/α,β-unsaturated/α-hetero) is 1. The van der Waals surface area contributed by atoms with Crippen molar-refractivity contribution in [1.29, 1.82) is 0 Å². The summed E-state index contributed by atoms with van der Waals surface area (Å²) in [5.74, 6) is 0.154. The van der Waals surface area contributed by atoms with E-state index in [2.05, 4.69) is 0 Å². The Kier molecular flexibility index (Phi) is 5.87. The third-order valence-electron chi connectivity index (χ3n) is 5.57. The van der Waals surface area contributed by atoms with Crippen LogP contribution >= 0.6 is 0 Å². The first-order chi connectivity index (χ1) is 15.8. The molecule has 9 heteroatoms. The minimum atomic E-state index is -0.787. The molecule has 1 aliphatic heterocycles. The van der Waals surface area contributed by atoms with E-state index >= 15 is 0 Å². The fourth-order valence-electron chi connectivity index (χ4n) is 3.94. The number of nitrogens with zero attached hydrogens (tertiary/aromatic N) is 2. The van der Waals surface area contributed by atoms with Crippen LogP contribution in [0.5, 0.6) is 11.5 Å². The molecule has 0 saturated heterocycles. The van der Waals surface area contributed by atoms with Gasteiger partial charge in [0, 0.05) is 40.3 Å². The molecule has 1 aliphatic rings. The normalized spacial score (nSPS) is 12.3. The van der Waals surface area contributed by atoms with E-state index in [9.17, 15) is 19.7 Å². The molecule has 0 amide bonds. The van der Waals surface area contributed by atoms with E-state index in [1.807, 2.05) is 36.6 Å². The summed E-state index contributed by atoms with van der Waals surface area (Å²) >= 11 is 0. The Bertz CT molecular complexity index is 1280. The Morgan fingerprint density at radius 1 is 1.03 bits per heavy atom. The van der Waals surface area contributed by atoms with Gasteiger partial charge in [-0.05, 0) is 45.0 Å². The molecule has 2 heterocycles. The first-order valence-corrected chi connectivity index (χ1v) is 10.3. The summed E-state index contributed by atoms with van der Waals surface area (Å²) in [7, 11) is 0. The summed E-state index contributed by atoms with van der Waals surface area (Å²) in [6.07, 6.45) is 0. The third kappa shape index (κ3) is 4.17. The molecular weight excluding hydrogens is 428 g/mol. The van der Waals surface area contributed by atoms with Crippen LogP contribution < -0.4 is 9.47 Å². The van der Waals surface area contributed by atoms with E-state index in [-0.39, 0.29) is 22.6 Å². The first kappa shape index (κ1) is 22.1. The lowest BCUT2D eigenvalue weighted by Gasteiger charge is -2.20. The van der Waals surface area contributed by atoms with Gasteiger partial charge in [-0.25, -0.2) is 4.79 Å². The number of ether oxygens (including phenoxy) is 3. The molecule has 2 aromatic carbocycles. The van der Waals surface area contributed by atoms with Crippen LogP contribution in [0, 0.1) is 30.9 Å². The SMILES string of the molecule is Cc1c(C(=O)OCC(=O)c2cc(C)n(-c3ccc4c(c3)OCCO4)c2C)cccc1[N+](=O)[O-]. The van der Waals surface area contributed by atoms with E-state index in [0.717, 1.165) is 11.4 Å². The zero-order valence-corrected chi connectivity index (χ0v) is 18.4. The van der Waals surface area contributed by atoms with Gasteiger partial charge in [-0.1, -0.05) is 6.07 Å². The second-order valence-corrected chi connectivity index (χ2v) is 7.65. The van der Waals surface area contributed by atoms with Crippen molar-refractivity contribution in [3.63, 3.8) is 0 Å². The van der Waals surface area contributed by atoms with Gasteiger partial charge >= 0.3 is 5.97 Å². The highest BCUT2D eigenvalue weighted by atomic mass is 16.6. The van der Waals surface area contributed by atoms with Gasteiger partial charge in [0.1, 0.15) is 13.2 Å². The summed E-state index contributed by atoms with van der Waals surface area (Å²) in [4.78, 5) is 35.8. The number of aryl methyl sites for hydroxylation is 1. The Morgan fingerprint density at radius 3 is 2.48 bits per heavy atom. The summed E-state index contributed by atoms with van der Waals surface area (Å²) in [6.45, 7) is 5.65. The Morgan fingerprint density at radius 2 is 1.76 bits per heavy atom. The molecule has 0 N–H and O–H groups in total. The summed E-state index contributed by atoms with van der Waals surface area (Å²) in [5, 5.41) is 11.1. The van der Waals surface area contributed by atoms with E-state index < -0.39 is 17.5 Å². The Hall–Kier alpha value is -4.14. The second-order valence-electron chi connectivity index (χ2n) is 7.65. The van der Waals surface area contributed by atoms with Crippen LogP contribution in [-0.2, 0) is 4.74 Å². The van der Waals surface area contributed by atoms with E-state index in [4.69, 9.17) is 14.2 Å². The standard InChI is InChI=1S/C24H22N2O7/c1-14-11-19(16(3)25(14)17-7-8-22-23(12-17)32-10-9-31-22)21(27)13-33-24(28)18-5-4-6-20(15(18)2)26(29)30/h4-8,11-12H,9-10,13H2,1-3H3. The average molecular weight is 450 g/mol. The maximum absolute atomic E-state index is 12.8. The van der Waals surface area contributed by atoms with E-state index in [1.54, 1.807) is 6.07 Å². The van der Waals surface area contributed by atoms with Gasteiger partial charge in [0.15, 0.2) is 18.1 Å². The number of esters is 1. The molecule has 0 unspecified atom stereocenters. The largest absolute Gasteiger partial charge is 0.486 e. The average Bonchev–Trinajstić information content (AvgIpc) is 3.10. The molecule has 0 saturated carbocycles. The summed E-state index contributed by atoms with van der Waals surface area (Å²) < 4.78 is 18.3. The highest BCUT2D eigenvalue weighted by Gasteiger charge is 2.22. The predicted molar refractivity (Wildman–Crippen MR) is 119 cm³/mol. The van der Waals surface area contributed by atoms with Gasteiger partial charge in [-0.2, -0.15) is 0 Å². The lowest BCUT2D eigenvalue weighted by molar-refractivity contribution is -0.385. The number of carbonyl (C=O) groups excluding carboxylic acids is 2. The topological polar surface area (TPSA) is 110 Å². The third-order valence-corrected chi connectivity index (χ3v) is 5.57. The van der Waals surface area contributed by atoms with Gasteiger partial charge in [-0.3, -0.25) is 14.9 Å². The molecule has 1 aromatic heterocycles. The summed E-state index contributed by atoms with van der Waals surface area (Å²) in [5.41, 5.74) is 2.82. The number of hydrogen-bond acceptors (Lipinski definition) is 7. The van der Waals surface area contributed by atoms with Gasteiger partial charge in [0.05, 0.1) is 10.5 Å². The smallest absolute Gasteiger partial charge is 0.339 e. The molecule has 0 bridgehead atoms. The van der Waals surface area contributed by atoms with Gasteiger partial charge in [-0.15, -0.1) is 0 Å². The van der Waals surface area contributed by atoms with Crippen molar-refractivity contribution < 1.29 is 28.7 Å². The van der Waals surface area contributed by atoms with Crippen LogP contribution in [0.4, 0.5) is 5.69 Å². The number of aromatic nitrogens is 1. The van der Waals surface area contributed by atoms with Gasteiger partial charge in [0.2, 0.25) is 5.78 Å². The quantitative estimate of drug-likeness (QED) is 0.240. The number of ketones is 1. The number of nitro groups is 1. The van der Waals surface area contributed by atoms with Crippen molar-refractivity contribution in [2.45, 2.75) is 20.8 Å². The number of nitro benzene ring substituents is 1. The zero-order chi connectivity index (χ0) is 23.7. The van der Waals surface area contributed by atoms with Crippen molar-refractivity contribution in [3.05, 3.63) is 80.7 Å². The van der Waals surface area contributed by atoms with Crippen molar-refractivity contribution in [2.75, 3.05) is 19.8 Å². The van der Waals surface area contributed by atoms with E-state index in [0.29, 0.717) is 36.0 Å². The van der Waals surface area contributed by atoms with Crippen molar-refractivity contribution >= 4 is 17.4 Å². The molecule has 33 heavy (non-hydrogen) atoms. The van der Waals surface area contributed by atoms with Crippen LogP contribution in [0.1, 0.15) is 37.7 Å². The monoisotopic (exact) mass is 450 g/mol. The number of hydrogen-bond donors (Lipinski definition) is 0. The fourth-order valence-corrected chi connectivity index (χ4v) is 3.94. The minimum absolute atomic E-state index is 0.0544. The molecule has 0 aliphatic carbocycles. The van der Waals surface area contributed by atoms with Crippen LogP contribution in [0.3, 0.4) is 0 Å². The van der Waals surface area contributed by atoms with E-state index in [1.165, 1.54) is 25.1 Å². The highest BCUT2D eigenvalue weighted by molar-refractivity contribution is 6.01. The van der Waals surface area contributed by atoms with Crippen molar-refractivity contribution in [2.24, 2.45) is 0 Å². The van der Waals surface area contributed by atoms with Crippen LogP contribution in [0.2, 0.25) is 0 Å². The van der Waals surface area contributed by atoms with Crippen LogP contribution in [-0.4, -0.2) is 41.1 Å². The molecule has 9 nitrogen and oxygen atoms in total. The molecule has 0 radical (unpaired) electrons. The molecule has 0 atom stereocenters. The maximum atomic E-state index is 12.8. The summed E-state index contributed by atoms with van der Waals surface area (Å²) in [6, 6.07) is 11.5. The Labute approximate surface area is 189 Å². The van der Waals surface area contributed by atoms with Gasteiger partial charge in [0.25, 0.3) is 5.69 Å². The molecular formula is C24H22N2O7. The molecule has 0 spiro atoms. The molecule has 3 aromatic rings. The Balaban J connectivity index is 1.53. The van der Waals surface area contributed by atoms with Crippen molar-refractivity contribution in [1.82, 2.24) is 4.57 Å². The number of carbonyl (C=O) groups is 2. The second kappa shape index (κ2) is 8.78. The lowest BCUT2D eigenvalue weighted by atomic mass is 10.1. The van der Waals surface area contributed by atoms with Crippen molar-refractivity contribution in [3.8, 4) is 17.2 Å². The van der Waals surface area contributed by atoms with Crippen LogP contribution in [0.25, 0.3) is 5.69 Å². The fraction of sp³-hybridized carbons (Fsp3) is 0.250. The minimum Gasteiger partial charge on any atom is -0.486 e. The highest BCUT2D eigenvalue weighted by Crippen LogP contribution is 2.33. The lowest BCUT2D eigenvalue weighted by Crippen LogP contribution is -2.16. The maximum Gasteiger partial charge on any atom is 0.339 e. The molecule has 0 fully saturated rings. The number of benzene rings is 2. The first-order valence-electron chi connectivity index (χ1n) is 10.3. The molecule has 4 rings (SSSR count). The molecule has 170 valence electrons. The predicted octanol–water partition coefficient (Wildman–Crippen LogP) is 4.12. The number of fused-ring (bicyclic) bond motifs is 1. The zero-order valence-electron chi connectivity index (χ0n) is 18.4. The number of rotatable bonds is 6.